The van der Waals surface area contributed by atoms with E-state index >= 15 is 0 Å². The van der Waals surface area contributed by atoms with Crippen molar-refractivity contribution in [3.8, 4) is 21.7 Å². The molecule has 0 radical (unpaired) electrons. The lowest BCUT2D eigenvalue weighted by atomic mass is 9.94. The molecule has 5 rings (SSSR count). The highest BCUT2D eigenvalue weighted by Crippen LogP contribution is 2.48. The Kier molecular flexibility index (Phi) is 6.70. The lowest BCUT2D eigenvalue weighted by Gasteiger charge is -2.16. The molecule has 2 N–H and O–H groups in total. The van der Waals surface area contributed by atoms with Gasteiger partial charge >= 0.3 is 12.1 Å². The number of amides is 1. The molecule has 2 aromatic carbocycles. The normalized spacial score (nSPS) is 14.6. The second-order valence-electron chi connectivity index (χ2n) is 9.06. The molecule has 188 valence electrons. The van der Waals surface area contributed by atoms with Gasteiger partial charge in [0.05, 0.1) is 27.4 Å². The van der Waals surface area contributed by atoms with Crippen molar-refractivity contribution >= 4 is 40.9 Å². The van der Waals surface area contributed by atoms with Crippen LogP contribution in [0.15, 0.2) is 66.9 Å². The van der Waals surface area contributed by atoms with E-state index in [1.54, 1.807) is 19.2 Å². The predicted octanol–water partition coefficient (Wildman–Crippen LogP) is 7.26. The Bertz CT molecular complexity index is 1460. The summed E-state index contributed by atoms with van der Waals surface area (Å²) in [6.45, 7) is 3.59. The predicted molar refractivity (Wildman–Crippen MR) is 144 cm³/mol. The van der Waals surface area contributed by atoms with Gasteiger partial charge in [0.15, 0.2) is 0 Å². The number of hydrogen-bond acceptors (Lipinski definition) is 6. The van der Waals surface area contributed by atoms with Crippen LogP contribution in [0.3, 0.4) is 0 Å². The molecule has 2 heterocycles. The van der Waals surface area contributed by atoms with Gasteiger partial charge in [-0.25, -0.2) is 4.79 Å². The van der Waals surface area contributed by atoms with Gasteiger partial charge in [-0.15, -0.1) is 0 Å². The number of benzene rings is 2. The van der Waals surface area contributed by atoms with Crippen molar-refractivity contribution in [2.75, 3.05) is 5.32 Å². The zero-order chi connectivity index (χ0) is 26.2. The van der Waals surface area contributed by atoms with Crippen LogP contribution in [0.25, 0.3) is 21.7 Å². The Balaban J connectivity index is 1.30. The highest BCUT2D eigenvalue weighted by molar-refractivity contribution is 7.10. The molecule has 0 spiro atoms. The summed E-state index contributed by atoms with van der Waals surface area (Å²) in [6, 6.07) is 18.6. The maximum absolute atomic E-state index is 12.7. The maximum Gasteiger partial charge on any atom is 0.412 e. The van der Waals surface area contributed by atoms with E-state index in [1.165, 1.54) is 11.5 Å². The van der Waals surface area contributed by atoms with Crippen molar-refractivity contribution in [3.63, 3.8) is 0 Å². The maximum atomic E-state index is 12.7. The Morgan fingerprint density at radius 2 is 1.78 bits per heavy atom. The monoisotopic (exact) mass is 533 g/mol. The van der Waals surface area contributed by atoms with E-state index in [1.807, 2.05) is 61.5 Å². The standard InChI is InChI=1S/C28H24ClN3O4S/c1-16-24(31-27(35)36-17(2)21-5-3-4-6-22(21)29)25(37-32-16)19-9-12-23(30-15-19)18-7-10-20(11-8-18)28(13-14-28)26(33)34/h3-12,15,17H,13-14H2,1-2H3,(H,31,35)(H,33,34)/t17-/m1/s1. The summed E-state index contributed by atoms with van der Waals surface area (Å²) in [5, 5.41) is 12.9. The number of hydrogen-bond donors (Lipinski definition) is 2. The molecule has 9 heteroatoms. The van der Waals surface area contributed by atoms with E-state index in [0.29, 0.717) is 29.2 Å². The summed E-state index contributed by atoms with van der Waals surface area (Å²) >= 11 is 7.49. The smallest absolute Gasteiger partial charge is 0.412 e. The Morgan fingerprint density at radius 3 is 2.41 bits per heavy atom. The van der Waals surface area contributed by atoms with E-state index < -0.39 is 23.6 Å². The molecule has 37 heavy (non-hydrogen) atoms. The molecule has 1 aliphatic carbocycles. The Hall–Kier alpha value is -3.75. The summed E-state index contributed by atoms with van der Waals surface area (Å²) in [6.07, 6.45) is 1.95. The minimum atomic E-state index is -0.769. The van der Waals surface area contributed by atoms with Gasteiger partial charge < -0.3 is 9.84 Å². The molecule has 0 unspecified atom stereocenters. The average molecular weight is 534 g/mol. The van der Waals surface area contributed by atoms with Crippen molar-refractivity contribution in [3.05, 3.63) is 88.7 Å². The molecule has 1 fully saturated rings. The van der Waals surface area contributed by atoms with Gasteiger partial charge in [-0.3, -0.25) is 15.1 Å². The van der Waals surface area contributed by atoms with Gasteiger partial charge in [-0.1, -0.05) is 54.1 Å². The van der Waals surface area contributed by atoms with E-state index in [-0.39, 0.29) is 0 Å². The Labute approximate surface area is 223 Å². The molecule has 1 amide bonds. The van der Waals surface area contributed by atoms with Gasteiger partial charge in [0.2, 0.25) is 0 Å². The minimum Gasteiger partial charge on any atom is -0.481 e. The third kappa shape index (κ3) is 4.95. The van der Waals surface area contributed by atoms with Crippen LogP contribution in [-0.4, -0.2) is 26.5 Å². The van der Waals surface area contributed by atoms with E-state index in [9.17, 15) is 14.7 Å². The van der Waals surface area contributed by atoms with Crippen LogP contribution in [0.5, 0.6) is 0 Å². The van der Waals surface area contributed by atoms with Gasteiger partial charge in [0, 0.05) is 27.9 Å². The molecule has 1 saturated carbocycles. The minimum absolute atomic E-state index is 0.526. The molecule has 0 aliphatic heterocycles. The highest BCUT2D eigenvalue weighted by Gasteiger charge is 2.51. The number of anilines is 1. The molecular formula is C28H24ClN3O4S. The summed E-state index contributed by atoms with van der Waals surface area (Å²) in [4.78, 5) is 29.6. The first-order chi connectivity index (χ1) is 17.8. The van der Waals surface area contributed by atoms with Crippen LogP contribution in [0.2, 0.25) is 5.02 Å². The van der Waals surface area contributed by atoms with Crippen LogP contribution >= 0.6 is 23.1 Å². The highest BCUT2D eigenvalue weighted by atomic mass is 35.5. The number of carbonyl (C=O) groups is 2. The molecule has 4 aromatic rings. The number of aryl methyl sites for hydroxylation is 1. The van der Waals surface area contributed by atoms with Crippen molar-refractivity contribution in [1.82, 2.24) is 9.36 Å². The van der Waals surface area contributed by atoms with Gasteiger partial charge in [-0.2, -0.15) is 4.37 Å². The van der Waals surface area contributed by atoms with Crippen LogP contribution in [-0.2, 0) is 14.9 Å². The van der Waals surface area contributed by atoms with Crippen LogP contribution in [0, 0.1) is 6.92 Å². The number of ether oxygens (including phenoxy) is 1. The van der Waals surface area contributed by atoms with Gasteiger partial charge in [0.1, 0.15) is 6.10 Å². The summed E-state index contributed by atoms with van der Waals surface area (Å²) in [5.74, 6) is -0.769. The fourth-order valence-corrected chi connectivity index (χ4v) is 5.41. The average Bonchev–Trinajstić information content (AvgIpc) is 3.64. The number of aliphatic carboxylic acids is 1. The van der Waals surface area contributed by atoms with Crippen molar-refractivity contribution < 1.29 is 19.4 Å². The van der Waals surface area contributed by atoms with E-state index in [0.717, 1.165) is 32.8 Å². The Morgan fingerprint density at radius 1 is 1.08 bits per heavy atom. The largest absolute Gasteiger partial charge is 0.481 e. The molecular weight excluding hydrogens is 510 g/mol. The van der Waals surface area contributed by atoms with Gasteiger partial charge in [0.25, 0.3) is 0 Å². The first-order valence-electron chi connectivity index (χ1n) is 11.8. The number of halogens is 1. The van der Waals surface area contributed by atoms with Gasteiger partial charge in [-0.05, 0) is 62.0 Å². The second kappa shape index (κ2) is 9.95. The van der Waals surface area contributed by atoms with Crippen LogP contribution in [0.4, 0.5) is 10.5 Å². The molecule has 2 aromatic heterocycles. The summed E-state index contributed by atoms with van der Waals surface area (Å²) in [5.41, 5.74) is 4.54. The zero-order valence-corrected chi connectivity index (χ0v) is 21.8. The van der Waals surface area contributed by atoms with Crippen molar-refractivity contribution in [1.29, 1.82) is 0 Å². The van der Waals surface area contributed by atoms with Crippen molar-refractivity contribution in [2.24, 2.45) is 0 Å². The SMILES string of the molecule is Cc1nsc(-c2ccc(-c3ccc(C4(C(=O)O)CC4)cc3)nc2)c1NC(=O)O[C@H](C)c1ccccc1Cl. The van der Waals surface area contributed by atoms with E-state index in [2.05, 4.69) is 14.7 Å². The third-order valence-corrected chi connectivity index (χ3v) is 7.97. The third-order valence-electron chi connectivity index (χ3n) is 6.64. The number of carboxylic acid groups (broad SMARTS) is 1. The molecule has 1 atom stereocenters. The topological polar surface area (TPSA) is 101 Å². The molecule has 0 saturated heterocycles. The first kappa shape index (κ1) is 24.9. The lowest BCUT2D eigenvalue weighted by molar-refractivity contribution is -0.140. The number of carboxylic acids is 1. The molecule has 7 nitrogen and oxygen atoms in total. The fraction of sp³-hybridized carbons (Fsp3) is 0.214. The van der Waals surface area contributed by atoms with Crippen molar-refractivity contribution in [2.45, 2.75) is 38.2 Å². The van der Waals surface area contributed by atoms with Crippen LogP contribution in [0.1, 0.15) is 42.7 Å². The molecule has 0 bridgehead atoms. The number of nitrogens with zero attached hydrogens (tertiary/aromatic N) is 2. The number of rotatable bonds is 7. The quantitative estimate of drug-likeness (QED) is 0.259. The number of nitrogens with one attached hydrogen (secondary N) is 1. The summed E-state index contributed by atoms with van der Waals surface area (Å²) in [7, 11) is 0. The number of pyridine rings is 1. The second-order valence-corrected chi connectivity index (χ2v) is 10.2. The van der Waals surface area contributed by atoms with E-state index in [4.69, 9.17) is 16.3 Å². The van der Waals surface area contributed by atoms with Crippen LogP contribution < -0.4 is 5.32 Å². The first-order valence-corrected chi connectivity index (χ1v) is 12.9. The number of aromatic nitrogens is 2. The zero-order valence-electron chi connectivity index (χ0n) is 20.2. The number of carbonyl (C=O) groups excluding carboxylic acids is 1. The summed E-state index contributed by atoms with van der Waals surface area (Å²) < 4.78 is 9.96. The lowest BCUT2D eigenvalue weighted by Crippen LogP contribution is -2.19. The molecule has 1 aliphatic rings. The fourth-order valence-electron chi connectivity index (χ4n) is 4.28.